The van der Waals surface area contributed by atoms with Crippen LogP contribution >= 0.6 is 23.2 Å². The van der Waals surface area contributed by atoms with Gasteiger partial charge in [0.15, 0.2) is 19.7 Å². The molecule has 0 radical (unpaired) electrons. The van der Waals surface area contributed by atoms with Crippen molar-refractivity contribution < 1.29 is 25.3 Å². The molecule has 0 bridgehead atoms. The molecular weight excluding hydrogens is 487 g/mol. The fraction of sp³-hybridized carbons (Fsp3) is 0.750. The predicted molar refractivity (Wildman–Crippen MR) is 128 cm³/mol. The molecule has 0 heterocycles. The van der Waals surface area contributed by atoms with Crippen LogP contribution in [0.25, 0.3) is 0 Å². The second kappa shape index (κ2) is 23.5. The summed E-state index contributed by atoms with van der Waals surface area (Å²) in [4.78, 5) is 0. The molecule has 0 aromatic heterocycles. The Kier molecular flexibility index (Phi) is 30.0. The summed E-state index contributed by atoms with van der Waals surface area (Å²) in [5.41, 5.74) is 0. The molecule has 6 nitrogen and oxygen atoms in total. The van der Waals surface area contributed by atoms with Crippen molar-refractivity contribution in [3.05, 3.63) is 24.0 Å². The number of halogens is 2. The largest absolute Gasteiger partial charge is 0.260 e. The first-order chi connectivity index (χ1) is 12.9. The maximum Gasteiger partial charge on any atom is 0.170 e. The van der Waals surface area contributed by atoms with Crippen LogP contribution in [-0.2, 0) is 41.3 Å². The molecule has 0 aliphatic carbocycles. The number of sulfone groups is 2. The number of hydrogen-bond donors (Lipinski definition) is 0. The molecule has 0 N–H and O–H groups in total. The Bertz CT molecular complexity index is 632. The molecular formula is C16H34Cl2O6S4. The van der Waals surface area contributed by atoms with E-state index in [0.29, 0.717) is 17.4 Å². The van der Waals surface area contributed by atoms with Crippen LogP contribution < -0.4 is 0 Å². The maximum atomic E-state index is 10.5. The third kappa shape index (κ3) is 33.8. The van der Waals surface area contributed by atoms with E-state index in [1.807, 2.05) is 13.8 Å². The molecule has 172 valence electrons. The SMILES string of the molecule is C=CS(=O)(=O)CC.C=CS(=O)CC.CCS(=O)(=O)CCCl.CCS(=O)CCCl. The second-order valence-electron chi connectivity index (χ2n) is 4.50. The van der Waals surface area contributed by atoms with Gasteiger partial charge >= 0.3 is 0 Å². The highest BCUT2D eigenvalue weighted by atomic mass is 35.5. The molecule has 0 spiro atoms. The van der Waals surface area contributed by atoms with Crippen molar-refractivity contribution in [3.8, 4) is 0 Å². The molecule has 2 atom stereocenters. The van der Waals surface area contributed by atoms with Crippen LogP contribution in [0, 0.1) is 0 Å². The standard InChI is InChI=1S/C4H9ClO2S.C4H9ClOS.C4H8O2S.C4H8OS/c1-2-8(6,7)4-3-5;1-2-7(6)4-3-5;1-3-7(5,6)4-2;1-3-6(5)4-2/h2-4H2,1H3;2-4H2,1H3;3H,1,4H2,2H3;3H,1,4H2,2H3. The highest BCUT2D eigenvalue weighted by Crippen LogP contribution is 1.89. The molecule has 0 amide bonds. The van der Waals surface area contributed by atoms with E-state index in [0.717, 1.165) is 11.2 Å². The molecule has 0 aliphatic rings. The number of alkyl halides is 2. The lowest BCUT2D eigenvalue weighted by atomic mass is 11.0. The van der Waals surface area contributed by atoms with Crippen molar-refractivity contribution >= 4 is 64.5 Å². The van der Waals surface area contributed by atoms with Crippen molar-refractivity contribution in [1.82, 2.24) is 0 Å². The average Bonchev–Trinajstić information content (AvgIpc) is 2.68. The van der Waals surface area contributed by atoms with Gasteiger partial charge in [0, 0.05) is 61.8 Å². The van der Waals surface area contributed by atoms with E-state index in [4.69, 9.17) is 23.2 Å². The molecule has 28 heavy (non-hydrogen) atoms. The monoisotopic (exact) mass is 520 g/mol. The topological polar surface area (TPSA) is 102 Å². The van der Waals surface area contributed by atoms with Gasteiger partial charge in [0.05, 0.1) is 11.5 Å². The minimum Gasteiger partial charge on any atom is -0.260 e. The fourth-order valence-electron chi connectivity index (χ4n) is 0.728. The zero-order valence-corrected chi connectivity index (χ0v) is 21.8. The van der Waals surface area contributed by atoms with Crippen molar-refractivity contribution in [1.29, 1.82) is 0 Å². The normalized spacial score (nSPS) is 12.5. The first kappa shape index (κ1) is 35.7. The van der Waals surface area contributed by atoms with Gasteiger partial charge in [0.1, 0.15) is 0 Å². The first-order valence-electron chi connectivity index (χ1n) is 8.38. The second-order valence-corrected chi connectivity index (χ2v) is 13.5. The lowest BCUT2D eigenvalue weighted by Gasteiger charge is -1.92. The summed E-state index contributed by atoms with van der Waals surface area (Å²) in [6.07, 6.45) is 0. The molecule has 0 aromatic rings. The van der Waals surface area contributed by atoms with Crippen molar-refractivity contribution in [2.45, 2.75) is 27.7 Å². The summed E-state index contributed by atoms with van der Waals surface area (Å²) < 4.78 is 62.1. The summed E-state index contributed by atoms with van der Waals surface area (Å²) in [6, 6.07) is 0. The number of hydrogen-bond acceptors (Lipinski definition) is 6. The lowest BCUT2D eigenvalue weighted by Crippen LogP contribution is -2.08. The lowest BCUT2D eigenvalue weighted by molar-refractivity contribution is 0.598. The summed E-state index contributed by atoms with van der Waals surface area (Å²) in [5.74, 6) is 3.21. The van der Waals surface area contributed by atoms with Gasteiger partial charge in [-0.25, -0.2) is 16.8 Å². The quantitative estimate of drug-likeness (QED) is 0.410. The van der Waals surface area contributed by atoms with Crippen LogP contribution in [0.15, 0.2) is 24.0 Å². The van der Waals surface area contributed by atoms with Crippen LogP contribution in [-0.4, -0.2) is 71.5 Å². The molecule has 2 unspecified atom stereocenters. The van der Waals surface area contributed by atoms with E-state index in [9.17, 15) is 25.3 Å². The molecule has 0 aliphatic heterocycles. The third-order valence-corrected chi connectivity index (χ3v) is 8.67. The van der Waals surface area contributed by atoms with Crippen LogP contribution in [0.1, 0.15) is 27.7 Å². The van der Waals surface area contributed by atoms with Gasteiger partial charge in [-0.1, -0.05) is 40.9 Å². The van der Waals surface area contributed by atoms with Gasteiger partial charge in [0.2, 0.25) is 0 Å². The van der Waals surface area contributed by atoms with E-state index in [1.54, 1.807) is 13.8 Å². The van der Waals surface area contributed by atoms with Crippen molar-refractivity contribution in [2.75, 3.05) is 46.3 Å². The van der Waals surface area contributed by atoms with Gasteiger partial charge in [-0.05, 0) is 5.41 Å². The van der Waals surface area contributed by atoms with E-state index in [-0.39, 0.29) is 23.1 Å². The van der Waals surface area contributed by atoms with E-state index in [1.165, 1.54) is 5.41 Å². The summed E-state index contributed by atoms with van der Waals surface area (Å²) in [6.45, 7) is 13.4. The fourth-order valence-corrected chi connectivity index (χ4v) is 3.41. The van der Waals surface area contributed by atoms with E-state index < -0.39 is 41.3 Å². The maximum absolute atomic E-state index is 10.5. The highest BCUT2D eigenvalue weighted by molar-refractivity contribution is 7.94. The Balaban J connectivity index is -0.000000138. The molecule has 0 saturated heterocycles. The van der Waals surface area contributed by atoms with Crippen LogP contribution in [0.4, 0.5) is 0 Å². The number of rotatable bonds is 10. The predicted octanol–water partition coefficient (Wildman–Crippen LogP) is 3.12. The molecule has 0 fully saturated rings. The third-order valence-electron chi connectivity index (χ3n) is 2.58. The molecule has 0 rings (SSSR count). The Labute approximate surface area is 186 Å². The van der Waals surface area contributed by atoms with E-state index in [2.05, 4.69) is 13.2 Å². The Morgan fingerprint density at radius 1 is 0.857 bits per heavy atom. The van der Waals surface area contributed by atoms with E-state index >= 15 is 0 Å². The van der Waals surface area contributed by atoms with Crippen LogP contribution in [0.3, 0.4) is 0 Å². The smallest absolute Gasteiger partial charge is 0.170 e. The Morgan fingerprint density at radius 2 is 1.36 bits per heavy atom. The van der Waals surface area contributed by atoms with Crippen LogP contribution in [0.2, 0.25) is 0 Å². The summed E-state index contributed by atoms with van der Waals surface area (Å²) >= 11 is 10.5. The van der Waals surface area contributed by atoms with Gasteiger partial charge in [-0.2, -0.15) is 0 Å². The minimum absolute atomic E-state index is 0.102. The van der Waals surface area contributed by atoms with Gasteiger partial charge in [-0.3, -0.25) is 8.42 Å². The average molecular weight is 522 g/mol. The van der Waals surface area contributed by atoms with Gasteiger partial charge in [0.25, 0.3) is 0 Å². The molecule has 12 heteroatoms. The Hall–Kier alpha value is 0.260. The zero-order chi connectivity index (χ0) is 23.2. The first-order valence-corrected chi connectivity index (χ1v) is 15.9. The van der Waals surface area contributed by atoms with Crippen LogP contribution in [0.5, 0.6) is 0 Å². The molecule has 0 aromatic carbocycles. The highest BCUT2D eigenvalue weighted by Gasteiger charge is 2.03. The zero-order valence-electron chi connectivity index (χ0n) is 17.1. The summed E-state index contributed by atoms with van der Waals surface area (Å²) in [5, 5.41) is 2.41. The van der Waals surface area contributed by atoms with Gasteiger partial charge in [-0.15, -0.1) is 23.2 Å². The minimum atomic E-state index is -2.89. The molecule has 0 saturated carbocycles. The van der Waals surface area contributed by atoms with Crippen molar-refractivity contribution in [3.63, 3.8) is 0 Å². The summed E-state index contributed by atoms with van der Waals surface area (Å²) in [7, 11) is -7.12. The van der Waals surface area contributed by atoms with Crippen molar-refractivity contribution in [2.24, 2.45) is 0 Å². The van der Waals surface area contributed by atoms with Gasteiger partial charge < -0.3 is 0 Å². The Morgan fingerprint density at radius 3 is 1.43 bits per heavy atom.